The highest BCUT2D eigenvalue weighted by molar-refractivity contribution is 5.80. The van der Waals surface area contributed by atoms with E-state index in [4.69, 9.17) is 4.74 Å². The first-order chi connectivity index (χ1) is 8.15. The molecule has 0 N–H and O–H groups in total. The van der Waals surface area contributed by atoms with Crippen molar-refractivity contribution in [3.63, 3.8) is 0 Å². The average Bonchev–Trinajstić information content (AvgIpc) is 2.36. The average molecular weight is 235 g/mol. The molecule has 0 spiro atoms. The molecule has 1 atom stereocenters. The fourth-order valence-corrected chi connectivity index (χ4v) is 1.54. The molecule has 1 aromatic rings. The molecule has 0 aliphatic rings. The highest BCUT2D eigenvalue weighted by atomic mass is 16.5. The number of carbonyl (C=O) groups excluding carboxylic acids is 1. The van der Waals surface area contributed by atoms with Crippen LogP contribution in [-0.4, -0.2) is 24.0 Å². The number of aromatic nitrogens is 1. The van der Waals surface area contributed by atoms with E-state index in [2.05, 4.69) is 11.9 Å². The summed E-state index contributed by atoms with van der Waals surface area (Å²) in [6.45, 7) is 4.07. The first-order valence-corrected chi connectivity index (χ1v) is 6.14. The summed E-state index contributed by atoms with van der Waals surface area (Å²) in [5.74, 6) is 0.227. The predicted molar refractivity (Wildman–Crippen MR) is 68.0 cm³/mol. The summed E-state index contributed by atoms with van der Waals surface area (Å²) in [6, 6.07) is 3.98. The molecular formula is C14H21NO2. The fourth-order valence-electron chi connectivity index (χ4n) is 1.54. The van der Waals surface area contributed by atoms with Gasteiger partial charge in [0.15, 0.2) is 0 Å². The molecule has 1 unspecified atom stereocenters. The second-order valence-corrected chi connectivity index (χ2v) is 4.31. The van der Waals surface area contributed by atoms with E-state index in [9.17, 15) is 4.79 Å². The molecule has 0 bridgehead atoms. The van der Waals surface area contributed by atoms with E-state index in [1.54, 1.807) is 7.11 Å². The Hall–Kier alpha value is -1.22. The van der Waals surface area contributed by atoms with Crippen LogP contribution in [0.25, 0.3) is 0 Å². The Bertz CT molecular complexity index is 346. The molecule has 0 saturated heterocycles. The minimum atomic E-state index is 0.148. The van der Waals surface area contributed by atoms with Gasteiger partial charge < -0.3 is 4.74 Å². The quantitative estimate of drug-likeness (QED) is 0.729. The van der Waals surface area contributed by atoms with E-state index in [1.165, 1.54) is 5.56 Å². The third-order valence-electron chi connectivity index (χ3n) is 2.90. The second-order valence-electron chi connectivity index (χ2n) is 4.31. The lowest BCUT2D eigenvalue weighted by Gasteiger charge is -2.08. The highest BCUT2D eigenvalue weighted by Gasteiger charge is 2.07. The van der Waals surface area contributed by atoms with Crippen LogP contribution in [0.2, 0.25) is 0 Å². The maximum Gasteiger partial charge on any atom is 0.138 e. The van der Waals surface area contributed by atoms with Gasteiger partial charge in [0.25, 0.3) is 0 Å². The summed E-state index contributed by atoms with van der Waals surface area (Å²) in [7, 11) is 1.67. The van der Waals surface area contributed by atoms with E-state index in [1.807, 2.05) is 25.3 Å². The highest BCUT2D eigenvalue weighted by Crippen LogP contribution is 2.06. The van der Waals surface area contributed by atoms with Crippen molar-refractivity contribution in [1.82, 2.24) is 4.98 Å². The molecule has 94 valence electrons. The molecule has 0 radical (unpaired) electrons. The summed E-state index contributed by atoms with van der Waals surface area (Å²) in [4.78, 5) is 16.0. The lowest BCUT2D eigenvalue weighted by molar-refractivity contribution is -0.119. The van der Waals surface area contributed by atoms with Gasteiger partial charge in [0.1, 0.15) is 5.78 Å². The Balaban J connectivity index is 2.39. The smallest absolute Gasteiger partial charge is 0.138 e. The van der Waals surface area contributed by atoms with E-state index < -0.39 is 0 Å². The van der Waals surface area contributed by atoms with Gasteiger partial charge in [0.05, 0.1) is 6.10 Å². The number of hydrogen-bond donors (Lipinski definition) is 0. The van der Waals surface area contributed by atoms with Crippen molar-refractivity contribution in [3.05, 3.63) is 29.6 Å². The van der Waals surface area contributed by atoms with Crippen molar-refractivity contribution in [3.8, 4) is 0 Å². The number of nitrogens with zero attached hydrogens (tertiary/aromatic N) is 1. The molecule has 3 nitrogen and oxygen atoms in total. The van der Waals surface area contributed by atoms with Crippen LogP contribution in [0.3, 0.4) is 0 Å². The Morgan fingerprint density at radius 3 is 2.76 bits per heavy atom. The normalized spacial score (nSPS) is 12.4. The van der Waals surface area contributed by atoms with Gasteiger partial charge in [-0.3, -0.25) is 9.78 Å². The zero-order chi connectivity index (χ0) is 12.7. The molecule has 1 aromatic heterocycles. The molecule has 0 aliphatic heterocycles. The molecule has 3 heteroatoms. The summed E-state index contributed by atoms with van der Waals surface area (Å²) >= 11 is 0. The molecule has 0 aromatic carbocycles. The van der Waals surface area contributed by atoms with Crippen LogP contribution in [0.4, 0.5) is 0 Å². The topological polar surface area (TPSA) is 39.2 Å². The minimum Gasteiger partial charge on any atom is -0.382 e. The number of ketones is 1. The number of methoxy groups -OCH3 is 1. The van der Waals surface area contributed by atoms with Crippen molar-refractivity contribution >= 4 is 5.78 Å². The number of aryl methyl sites for hydroxylation is 1. The van der Waals surface area contributed by atoms with Crippen molar-refractivity contribution in [2.45, 2.75) is 45.6 Å². The van der Waals surface area contributed by atoms with Gasteiger partial charge >= 0.3 is 0 Å². The van der Waals surface area contributed by atoms with Crippen molar-refractivity contribution in [1.29, 1.82) is 0 Å². The first kappa shape index (κ1) is 13.8. The monoisotopic (exact) mass is 235 g/mol. The zero-order valence-corrected chi connectivity index (χ0v) is 10.9. The lowest BCUT2D eigenvalue weighted by atomic mass is 10.1. The van der Waals surface area contributed by atoms with Crippen molar-refractivity contribution in [2.75, 3.05) is 7.11 Å². The second kappa shape index (κ2) is 7.17. The Morgan fingerprint density at radius 1 is 1.47 bits per heavy atom. The van der Waals surface area contributed by atoms with Gasteiger partial charge in [0, 0.05) is 31.8 Å². The predicted octanol–water partition coefficient (Wildman–Crippen LogP) is 2.57. The standard InChI is InChI=1S/C14H21NO2/c1-4-12-6-7-13(15-10-12)9-14(16)8-5-11(2)17-3/h6-7,10-11H,4-5,8-9H2,1-3H3. The van der Waals surface area contributed by atoms with Crippen LogP contribution in [0.1, 0.15) is 37.9 Å². The molecule has 17 heavy (non-hydrogen) atoms. The largest absolute Gasteiger partial charge is 0.382 e. The lowest BCUT2D eigenvalue weighted by Crippen LogP contribution is -2.10. The molecule has 0 fully saturated rings. The summed E-state index contributed by atoms with van der Waals surface area (Å²) < 4.78 is 5.11. The summed E-state index contributed by atoms with van der Waals surface area (Å²) in [6.07, 6.45) is 4.75. The zero-order valence-electron chi connectivity index (χ0n) is 10.9. The van der Waals surface area contributed by atoms with Gasteiger partial charge in [0.2, 0.25) is 0 Å². The van der Waals surface area contributed by atoms with Crippen molar-refractivity contribution < 1.29 is 9.53 Å². The molecule has 0 aliphatic carbocycles. The van der Waals surface area contributed by atoms with Crippen molar-refractivity contribution in [2.24, 2.45) is 0 Å². The maximum absolute atomic E-state index is 11.7. The van der Waals surface area contributed by atoms with E-state index in [-0.39, 0.29) is 11.9 Å². The summed E-state index contributed by atoms with van der Waals surface area (Å²) in [5.41, 5.74) is 2.06. The fraction of sp³-hybridized carbons (Fsp3) is 0.571. The van der Waals surface area contributed by atoms with Crippen LogP contribution >= 0.6 is 0 Å². The third-order valence-corrected chi connectivity index (χ3v) is 2.90. The SMILES string of the molecule is CCc1ccc(CC(=O)CCC(C)OC)nc1. The van der Waals surface area contributed by atoms with Crippen LogP contribution in [0, 0.1) is 0 Å². The maximum atomic E-state index is 11.7. The number of ether oxygens (including phenoxy) is 1. The van der Waals surface area contributed by atoms with Gasteiger partial charge in [-0.2, -0.15) is 0 Å². The number of hydrogen-bond acceptors (Lipinski definition) is 3. The third kappa shape index (κ3) is 5.09. The Kier molecular flexibility index (Phi) is 5.84. The number of Topliss-reactive ketones (excluding diaryl/α,β-unsaturated/α-hetero) is 1. The molecule has 0 saturated carbocycles. The van der Waals surface area contributed by atoms with Crippen LogP contribution in [-0.2, 0) is 22.4 Å². The van der Waals surface area contributed by atoms with Gasteiger partial charge in [-0.15, -0.1) is 0 Å². The molecule has 1 rings (SSSR count). The first-order valence-electron chi connectivity index (χ1n) is 6.14. The van der Waals surface area contributed by atoms with Crippen LogP contribution in [0.5, 0.6) is 0 Å². The van der Waals surface area contributed by atoms with E-state index >= 15 is 0 Å². The molecule has 0 amide bonds. The van der Waals surface area contributed by atoms with Crippen LogP contribution in [0.15, 0.2) is 18.3 Å². The van der Waals surface area contributed by atoms with Crippen LogP contribution < -0.4 is 0 Å². The van der Waals surface area contributed by atoms with Gasteiger partial charge in [-0.1, -0.05) is 13.0 Å². The number of carbonyl (C=O) groups is 1. The van der Waals surface area contributed by atoms with Gasteiger partial charge in [-0.25, -0.2) is 0 Å². The molecule has 1 heterocycles. The summed E-state index contributed by atoms with van der Waals surface area (Å²) in [5, 5.41) is 0. The van der Waals surface area contributed by atoms with E-state index in [0.717, 1.165) is 18.5 Å². The Morgan fingerprint density at radius 2 is 2.24 bits per heavy atom. The number of pyridine rings is 1. The Labute approximate surface area is 103 Å². The van der Waals surface area contributed by atoms with E-state index in [0.29, 0.717) is 12.8 Å². The minimum absolute atomic E-state index is 0.148. The van der Waals surface area contributed by atoms with Gasteiger partial charge in [-0.05, 0) is 31.4 Å². The number of rotatable bonds is 7. The molecular weight excluding hydrogens is 214 g/mol.